The zero-order valence-corrected chi connectivity index (χ0v) is 32.9. The molecule has 3 heterocycles. The Morgan fingerprint density at radius 1 is 0.864 bits per heavy atom. The van der Waals surface area contributed by atoms with Crippen LogP contribution in [0.1, 0.15) is 97.2 Å². The zero-order valence-electron chi connectivity index (χ0n) is 27.1. The Morgan fingerprint density at radius 3 is 2.02 bits per heavy atom. The van der Waals surface area contributed by atoms with Crippen LogP contribution in [0.4, 0.5) is 0 Å². The molecule has 1 unspecified atom stereocenters. The first-order valence-corrected chi connectivity index (χ1v) is 20.1. The van der Waals surface area contributed by atoms with E-state index >= 15 is 0 Å². The van der Waals surface area contributed by atoms with Gasteiger partial charge < -0.3 is 24.8 Å². The maximum atomic E-state index is 2.52. The number of fused-ring (bicyclic) bond motifs is 1. The molecule has 0 spiro atoms. The van der Waals surface area contributed by atoms with Gasteiger partial charge in [-0.2, -0.15) is 6.07 Å². The molecule has 229 valence electrons. The van der Waals surface area contributed by atoms with Gasteiger partial charge in [-0.1, -0.05) is 68.4 Å². The molecule has 0 nitrogen and oxygen atoms in total. The van der Waals surface area contributed by atoms with Crippen molar-refractivity contribution < 1.29 is 51.0 Å². The van der Waals surface area contributed by atoms with Gasteiger partial charge in [-0.25, -0.2) is 0 Å². The molecule has 1 aromatic heterocycles. The number of allylic oxidation sites excluding steroid dienone is 1. The van der Waals surface area contributed by atoms with Crippen LogP contribution < -0.4 is 24.8 Å². The van der Waals surface area contributed by atoms with Gasteiger partial charge in [-0.3, -0.25) is 0 Å². The van der Waals surface area contributed by atoms with Gasteiger partial charge in [-0.05, 0) is 109 Å². The number of halogens is 2. The van der Waals surface area contributed by atoms with Crippen molar-refractivity contribution in [3.8, 4) is 11.1 Å². The molecule has 0 saturated heterocycles. The molecule has 11 rings (SSSR count). The molecule has 4 fully saturated rings. The first-order chi connectivity index (χ1) is 19.6. The number of rotatable bonds is 3. The largest absolute Gasteiger partial charge is 3.00 e. The minimum absolute atomic E-state index is 0. The maximum absolute atomic E-state index is 2.52. The zero-order chi connectivity index (χ0) is 28.3. The predicted octanol–water partition coefficient (Wildman–Crippen LogP) is 5.55. The molecule has 1 atom stereocenters. The van der Waals surface area contributed by atoms with Gasteiger partial charge in [0.25, 0.3) is 0 Å². The van der Waals surface area contributed by atoms with Crippen LogP contribution in [0.3, 0.4) is 0 Å². The van der Waals surface area contributed by atoms with Crippen molar-refractivity contribution in [1.29, 1.82) is 0 Å². The fraction of sp³-hybridized carbons (Fsp3) is 0.462. The van der Waals surface area contributed by atoms with Crippen molar-refractivity contribution in [2.24, 2.45) is 17.8 Å². The summed E-state index contributed by atoms with van der Waals surface area (Å²) in [7, 11) is -0.995. The van der Waals surface area contributed by atoms with Crippen molar-refractivity contribution in [2.75, 3.05) is 0 Å². The molecule has 5 heteroatoms. The summed E-state index contributed by atoms with van der Waals surface area (Å²) < 4.78 is 0. The number of benzene rings is 2. The summed E-state index contributed by atoms with van der Waals surface area (Å²) in [4.78, 5) is 3.14. The molecule has 2 aliphatic heterocycles. The van der Waals surface area contributed by atoms with E-state index < -0.39 is 8.07 Å². The summed E-state index contributed by atoms with van der Waals surface area (Å²) >= 11 is 2.01. The van der Waals surface area contributed by atoms with Crippen molar-refractivity contribution in [3.05, 3.63) is 92.7 Å². The van der Waals surface area contributed by atoms with Gasteiger partial charge in [0.05, 0.1) is 8.07 Å². The molecule has 6 bridgehead atoms. The minimum atomic E-state index is -0.995. The minimum Gasteiger partial charge on any atom is -1.00 e. The van der Waals surface area contributed by atoms with Crippen LogP contribution >= 0.6 is 11.3 Å². The second-order valence-corrected chi connectivity index (χ2v) is 21.2. The van der Waals surface area contributed by atoms with Gasteiger partial charge in [0.1, 0.15) is 0 Å². The van der Waals surface area contributed by atoms with Crippen LogP contribution in [0.5, 0.6) is 0 Å². The Labute approximate surface area is 301 Å². The van der Waals surface area contributed by atoms with Crippen LogP contribution in [-0.4, -0.2) is 8.07 Å². The third kappa shape index (κ3) is 5.28. The molecule has 4 saturated carbocycles. The number of hydrogen-bond acceptors (Lipinski definition) is 1. The van der Waals surface area contributed by atoms with Gasteiger partial charge in [-0.15, -0.1) is 45.9 Å². The van der Waals surface area contributed by atoms with E-state index in [9.17, 15) is 0 Å². The fourth-order valence-corrected chi connectivity index (χ4v) is 16.9. The molecule has 0 amide bonds. The Morgan fingerprint density at radius 2 is 1.48 bits per heavy atom. The first-order valence-electron chi connectivity index (χ1n) is 16.2. The summed E-state index contributed by atoms with van der Waals surface area (Å²) in [6.07, 6.45) is 8.93. The third-order valence-corrected chi connectivity index (χ3v) is 17.3. The first kappa shape index (κ1) is 34.5. The predicted molar refractivity (Wildman–Crippen MR) is 181 cm³/mol. The molecule has 4 aromatic rings. The molecular weight excluding hydrogens is 691 g/mol. The van der Waals surface area contributed by atoms with Crippen LogP contribution in [0.2, 0.25) is 13.1 Å². The molecule has 3 aromatic carbocycles. The van der Waals surface area contributed by atoms with Crippen molar-refractivity contribution >= 4 is 35.4 Å². The van der Waals surface area contributed by atoms with Gasteiger partial charge >= 0.3 is 26.2 Å². The normalized spacial score (nSPS) is 28.0. The molecule has 44 heavy (non-hydrogen) atoms. The van der Waals surface area contributed by atoms with Crippen LogP contribution in [0.25, 0.3) is 27.1 Å². The van der Waals surface area contributed by atoms with E-state index in [1.165, 1.54) is 70.9 Å². The molecule has 7 aliphatic rings. The molecule has 5 aliphatic carbocycles. The number of aryl methyl sites for hydroxylation is 1. The Kier molecular flexibility index (Phi) is 9.66. The number of thiophene rings is 1. The van der Waals surface area contributed by atoms with Gasteiger partial charge in [0, 0.05) is 15.3 Å². The van der Waals surface area contributed by atoms with Gasteiger partial charge in [0.15, 0.2) is 0 Å². The van der Waals surface area contributed by atoms with Gasteiger partial charge in [0.2, 0.25) is 0 Å². The smallest absolute Gasteiger partial charge is 1.00 e. The summed E-state index contributed by atoms with van der Waals surface area (Å²) in [5.41, 5.74) is 10.6. The fourth-order valence-electron chi connectivity index (χ4n) is 10.6. The van der Waals surface area contributed by atoms with E-state index in [4.69, 9.17) is 0 Å². The Balaban J connectivity index is 0.000000204. The average Bonchev–Trinajstić information content (AvgIpc) is 3.63. The Hall–Kier alpha value is -0.830. The van der Waals surface area contributed by atoms with Crippen molar-refractivity contribution in [2.45, 2.75) is 96.2 Å². The van der Waals surface area contributed by atoms with E-state index in [0.29, 0.717) is 11.3 Å². The summed E-state index contributed by atoms with van der Waals surface area (Å²) in [5, 5.41) is 4.57. The second kappa shape index (κ2) is 12.3. The maximum Gasteiger partial charge on any atom is 3.00 e. The summed E-state index contributed by atoms with van der Waals surface area (Å²) in [5.74, 6) is 3.62. The standard InChI is InChI=1S/C28H31.C11H14SSi.2ClH.Zr/c1-18(2)24-13-23-4-3-5-26(27(23)14-24)22-6-8-25(9-7-22)28-15-19-10-20(16-28)12-21(11-19)17-28;1-6-5-8-9(12-6)11-7(2)10(8)13(11,3)4;;;/h3-9,13-14,18-21H,10-12,15-17H2,1-2H3;5,10H,1-4H3;2*1H;/q-1;;;;+3/p-2. The van der Waals surface area contributed by atoms with Crippen LogP contribution in [0, 0.1) is 24.7 Å². The average molecular weight is 736 g/mol. The third-order valence-electron chi connectivity index (χ3n) is 11.9. The number of hydrogen-bond donors (Lipinski definition) is 0. The monoisotopic (exact) mass is 733 g/mol. The van der Waals surface area contributed by atoms with E-state index in [1.54, 1.807) is 26.8 Å². The Bertz CT molecular complexity index is 1670. The van der Waals surface area contributed by atoms with E-state index in [1.807, 2.05) is 11.3 Å². The van der Waals surface area contributed by atoms with Crippen molar-refractivity contribution in [1.82, 2.24) is 0 Å². The topological polar surface area (TPSA) is 0 Å². The summed E-state index contributed by atoms with van der Waals surface area (Å²) in [6, 6.07) is 23.7. The second-order valence-electron chi connectivity index (χ2n) is 15.4. The van der Waals surface area contributed by atoms with E-state index in [-0.39, 0.29) is 51.0 Å². The summed E-state index contributed by atoms with van der Waals surface area (Å²) in [6.45, 7) is 14.2. The molecular formula is C39H45Cl2SSiZr. The van der Waals surface area contributed by atoms with E-state index in [2.05, 4.69) is 101 Å². The molecule has 0 N–H and O–H groups in total. The molecule has 1 radical (unpaired) electrons. The van der Waals surface area contributed by atoms with Crippen molar-refractivity contribution in [3.63, 3.8) is 0 Å². The van der Waals surface area contributed by atoms with Crippen LogP contribution in [-0.2, 0) is 31.6 Å². The quantitative estimate of drug-likeness (QED) is 0.192. The SMILES string of the molecule is CC(C)c1cc2c(-c3ccc(C45CC6CC(CC(C6)C4)C5)cc3)cccc2[cH-]1.CC1=C2c3sc(C)cc3C1[Si]2(C)C.[Cl-].[Cl-].[Zr+3]. The van der Waals surface area contributed by atoms with E-state index in [0.717, 1.165) is 23.3 Å². The van der Waals surface area contributed by atoms with Crippen LogP contribution in [0.15, 0.2) is 66.2 Å².